The molecule has 0 radical (unpaired) electrons. The molecule has 0 aliphatic heterocycles. The highest BCUT2D eigenvalue weighted by Gasteiger charge is 2.33. The van der Waals surface area contributed by atoms with Crippen LogP contribution in [0.4, 0.5) is 24.7 Å². The smallest absolute Gasteiger partial charge is 0.326 e. The van der Waals surface area contributed by atoms with Crippen LogP contribution in [0.5, 0.6) is 0 Å². The molecule has 2 N–H and O–H groups in total. The Morgan fingerprint density at radius 1 is 1.10 bits per heavy atom. The molecule has 0 aliphatic carbocycles. The van der Waals surface area contributed by atoms with Gasteiger partial charge in [0.15, 0.2) is 0 Å². The largest absolute Gasteiger partial charge is 0.417 e. The summed E-state index contributed by atoms with van der Waals surface area (Å²) < 4.78 is 38.7. The molecule has 29 heavy (non-hydrogen) atoms. The highest BCUT2D eigenvalue weighted by atomic mass is 35.5. The first-order chi connectivity index (χ1) is 13.7. The molecule has 0 aliphatic rings. The average molecular weight is 441 g/mol. The van der Waals surface area contributed by atoms with Gasteiger partial charge >= 0.3 is 6.18 Å². The summed E-state index contributed by atoms with van der Waals surface area (Å²) in [4.78, 5) is 31.9. The van der Waals surface area contributed by atoms with Crippen LogP contribution < -0.4 is 10.6 Å². The third kappa shape index (κ3) is 5.52. The molecule has 2 amide bonds. The minimum atomic E-state index is -4.62. The Morgan fingerprint density at radius 3 is 2.52 bits per heavy atom. The first kappa shape index (κ1) is 20.7. The quantitative estimate of drug-likeness (QED) is 0.605. The lowest BCUT2D eigenvalue weighted by atomic mass is 10.1. The number of rotatable bonds is 5. The second kappa shape index (κ2) is 8.58. The van der Waals surface area contributed by atoms with Gasteiger partial charge in [0.05, 0.1) is 22.5 Å². The number of hydrogen-bond donors (Lipinski definition) is 2. The number of benzene rings is 1. The summed E-state index contributed by atoms with van der Waals surface area (Å²) in [5.74, 6) is -0.659. The van der Waals surface area contributed by atoms with Crippen molar-refractivity contribution in [2.75, 3.05) is 10.6 Å². The zero-order chi connectivity index (χ0) is 21.0. The number of pyridine rings is 1. The lowest BCUT2D eigenvalue weighted by Gasteiger charge is -2.12. The molecular weight excluding hydrogens is 429 g/mol. The predicted molar refractivity (Wildman–Crippen MR) is 103 cm³/mol. The summed E-state index contributed by atoms with van der Waals surface area (Å²) in [6.07, 6.45) is -3.35. The van der Waals surface area contributed by atoms with E-state index in [1.54, 1.807) is 11.4 Å². The number of thiazole rings is 1. The summed E-state index contributed by atoms with van der Waals surface area (Å²) in [6.45, 7) is 0. The van der Waals surface area contributed by atoms with Gasteiger partial charge in [-0.05, 0) is 29.8 Å². The van der Waals surface area contributed by atoms with E-state index in [0.717, 1.165) is 12.1 Å². The van der Waals surface area contributed by atoms with Gasteiger partial charge in [0.25, 0.3) is 5.91 Å². The lowest BCUT2D eigenvalue weighted by molar-refractivity contribution is -0.137. The van der Waals surface area contributed by atoms with Gasteiger partial charge in [0.2, 0.25) is 5.91 Å². The number of aromatic nitrogens is 2. The van der Waals surface area contributed by atoms with E-state index >= 15 is 0 Å². The number of hydrogen-bond acceptors (Lipinski definition) is 5. The zero-order valence-electron chi connectivity index (χ0n) is 14.5. The fraction of sp³-hybridized carbons (Fsp3) is 0.111. The Bertz CT molecular complexity index is 1020. The van der Waals surface area contributed by atoms with Crippen LogP contribution in [0.1, 0.15) is 21.6 Å². The monoisotopic (exact) mass is 440 g/mol. The van der Waals surface area contributed by atoms with Crippen molar-refractivity contribution >= 4 is 46.3 Å². The molecular formula is C18H12ClF3N4O2S. The SMILES string of the molecule is O=C(Cc1ccc(NC(=O)c2cscn2)nc1)Nc1ccc(Cl)c(C(F)(F)F)c1. The van der Waals surface area contributed by atoms with E-state index in [1.807, 2.05) is 0 Å². The molecule has 1 aromatic carbocycles. The standard InChI is InChI=1S/C18H12ClF3N4O2S/c19-13-3-2-11(6-12(13)18(20,21)22)25-16(27)5-10-1-4-15(23-7-10)26-17(28)14-8-29-9-24-14/h1-4,6-9H,5H2,(H,25,27)(H,23,26,28). The molecule has 3 aromatic rings. The summed E-state index contributed by atoms with van der Waals surface area (Å²) in [5, 5.41) is 6.10. The van der Waals surface area contributed by atoms with E-state index < -0.39 is 28.6 Å². The van der Waals surface area contributed by atoms with E-state index in [-0.39, 0.29) is 23.6 Å². The molecule has 0 atom stereocenters. The number of halogens is 4. The van der Waals surface area contributed by atoms with Gasteiger partial charge in [-0.2, -0.15) is 13.2 Å². The van der Waals surface area contributed by atoms with Crippen LogP contribution in [-0.2, 0) is 17.4 Å². The second-order valence-corrected chi connectivity index (χ2v) is 6.92. The van der Waals surface area contributed by atoms with Crippen molar-refractivity contribution in [2.45, 2.75) is 12.6 Å². The van der Waals surface area contributed by atoms with Gasteiger partial charge in [-0.1, -0.05) is 17.7 Å². The summed E-state index contributed by atoms with van der Waals surface area (Å²) in [6, 6.07) is 6.21. The summed E-state index contributed by atoms with van der Waals surface area (Å²) >= 11 is 6.84. The first-order valence-corrected chi connectivity index (χ1v) is 9.35. The maximum absolute atomic E-state index is 12.9. The van der Waals surface area contributed by atoms with Crippen LogP contribution in [0.15, 0.2) is 47.4 Å². The van der Waals surface area contributed by atoms with Crippen molar-refractivity contribution in [2.24, 2.45) is 0 Å². The molecule has 11 heteroatoms. The van der Waals surface area contributed by atoms with Crippen molar-refractivity contribution in [1.29, 1.82) is 0 Å². The first-order valence-electron chi connectivity index (χ1n) is 8.03. The van der Waals surface area contributed by atoms with Gasteiger partial charge in [-0.3, -0.25) is 9.59 Å². The maximum atomic E-state index is 12.9. The molecule has 0 bridgehead atoms. The van der Waals surface area contributed by atoms with Crippen LogP contribution in [0.3, 0.4) is 0 Å². The third-order valence-electron chi connectivity index (χ3n) is 3.65. The van der Waals surface area contributed by atoms with Crippen molar-refractivity contribution in [3.8, 4) is 0 Å². The van der Waals surface area contributed by atoms with Crippen LogP contribution in [0.25, 0.3) is 0 Å². The number of carbonyl (C=O) groups excluding carboxylic acids is 2. The molecule has 3 rings (SSSR count). The van der Waals surface area contributed by atoms with E-state index in [2.05, 4.69) is 20.6 Å². The van der Waals surface area contributed by atoms with Gasteiger partial charge in [0, 0.05) is 17.3 Å². The summed E-state index contributed by atoms with van der Waals surface area (Å²) in [5.41, 5.74) is 1.26. The van der Waals surface area contributed by atoms with Crippen molar-refractivity contribution in [3.63, 3.8) is 0 Å². The Labute approximate surface area is 171 Å². The topological polar surface area (TPSA) is 84.0 Å². The highest BCUT2D eigenvalue weighted by Crippen LogP contribution is 2.36. The van der Waals surface area contributed by atoms with E-state index in [4.69, 9.17) is 11.6 Å². The van der Waals surface area contributed by atoms with Crippen molar-refractivity contribution in [3.05, 3.63) is 69.3 Å². The fourth-order valence-electron chi connectivity index (χ4n) is 2.32. The number of carbonyl (C=O) groups is 2. The van der Waals surface area contributed by atoms with E-state index in [1.165, 1.54) is 35.2 Å². The minimum absolute atomic E-state index is 0.0215. The maximum Gasteiger partial charge on any atom is 0.417 e. The third-order valence-corrected chi connectivity index (χ3v) is 4.57. The second-order valence-electron chi connectivity index (χ2n) is 5.80. The molecule has 2 heterocycles. The fourth-order valence-corrected chi connectivity index (χ4v) is 3.08. The highest BCUT2D eigenvalue weighted by molar-refractivity contribution is 7.07. The normalized spacial score (nSPS) is 11.2. The average Bonchev–Trinajstić information content (AvgIpc) is 3.19. The molecule has 150 valence electrons. The predicted octanol–water partition coefficient (Wildman–Crippen LogP) is 4.64. The number of amides is 2. The van der Waals surface area contributed by atoms with Crippen LogP contribution in [-0.4, -0.2) is 21.8 Å². The number of nitrogens with zero attached hydrogens (tertiary/aromatic N) is 2. The van der Waals surface area contributed by atoms with Gasteiger partial charge in [0.1, 0.15) is 11.5 Å². The van der Waals surface area contributed by atoms with Gasteiger partial charge in [-0.25, -0.2) is 9.97 Å². The molecule has 0 spiro atoms. The van der Waals surface area contributed by atoms with Crippen molar-refractivity contribution < 1.29 is 22.8 Å². The molecule has 2 aromatic heterocycles. The molecule has 6 nitrogen and oxygen atoms in total. The van der Waals surface area contributed by atoms with Crippen LogP contribution in [0.2, 0.25) is 5.02 Å². The van der Waals surface area contributed by atoms with Gasteiger partial charge < -0.3 is 10.6 Å². The van der Waals surface area contributed by atoms with E-state index in [9.17, 15) is 22.8 Å². The molecule has 0 unspecified atom stereocenters. The summed E-state index contributed by atoms with van der Waals surface area (Å²) in [7, 11) is 0. The van der Waals surface area contributed by atoms with Crippen LogP contribution >= 0.6 is 22.9 Å². The van der Waals surface area contributed by atoms with Crippen LogP contribution in [0, 0.1) is 0 Å². The molecule has 0 fully saturated rings. The molecule has 0 saturated carbocycles. The Hall–Kier alpha value is -2.98. The zero-order valence-corrected chi connectivity index (χ0v) is 16.0. The number of nitrogens with one attached hydrogen (secondary N) is 2. The van der Waals surface area contributed by atoms with Gasteiger partial charge in [-0.15, -0.1) is 11.3 Å². The Morgan fingerprint density at radius 2 is 1.90 bits per heavy atom. The number of alkyl halides is 3. The Kier molecular flexibility index (Phi) is 6.14. The molecule has 0 saturated heterocycles. The number of anilines is 2. The van der Waals surface area contributed by atoms with E-state index in [0.29, 0.717) is 5.56 Å². The Balaban J connectivity index is 1.60. The lowest BCUT2D eigenvalue weighted by Crippen LogP contribution is -2.16. The minimum Gasteiger partial charge on any atom is -0.326 e. The van der Waals surface area contributed by atoms with Crippen molar-refractivity contribution in [1.82, 2.24) is 9.97 Å².